The van der Waals surface area contributed by atoms with Gasteiger partial charge in [-0.2, -0.15) is 0 Å². The van der Waals surface area contributed by atoms with E-state index < -0.39 is 0 Å². The summed E-state index contributed by atoms with van der Waals surface area (Å²) in [6.07, 6.45) is 0. The maximum absolute atomic E-state index is 12.6. The van der Waals surface area contributed by atoms with Crippen LogP contribution in [0, 0.1) is 0 Å². The molecular formula is C21H24N4O4. The van der Waals surface area contributed by atoms with E-state index >= 15 is 0 Å². The number of ether oxygens (including phenoxy) is 1. The van der Waals surface area contributed by atoms with Gasteiger partial charge in [-0.3, -0.25) is 14.4 Å². The number of amides is 3. The fourth-order valence-corrected chi connectivity index (χ4v) is 2.98. The normalized spacial score (nSPS) is 13.5. The lowest BCUT2D eigenvalue weighted by atomic mass is 10.1. The zero-order valence-corrected chi connectivity index (χ0v) is 16.2. The summed E-state index contributed by atoms with van der Waals surface area (Å²) >= 11 is 0. The lowest BCUT2D eigenvalue weighted by Gasteiger charge is -2.27. The molecule has 8 nitrogen and oxygen atoms in total. The van der Waals surface area contributed by atoms with Crippen molar-refractivity contribution >= 4 is 34.8 Å². The minimum Gasteiger partial charge on any atom is -0.378 e. The number of morpholine rings is 1. The third kappa shape index (κ3) is 6.05. The molecule has 1 heterocycles. The first-order chi connectivity index (χ1) is 14.0. The SMILES string of the molecule is CC(=O)Nc1cccc(NCC(=O)Nc2cccc(C(=O)N3CCOCC3)c2)c1. The van der Waals surface area contributed by atoms with Crippen LogP contribution in [0.15, 0.2) is 48.5 Å². The van der Waals surface area contributed by atoms with Gasteiger partial charge in [0.15, 0.2) is 0 Å². The number of hydrogen-bond acceptors (Lipinski definition) is 5. The third-order valence-electron chi connectivity index (χ3n) is 4.33. The van der Waals surface area contributed by atoms with Crippen molar-refractivity contribution in [2.45, 2.75) is 6.92 Å². The molecule has 1 saturated heterocycles. The van der Waals surface area contributed by atoms with Crippen molar-refractivity contribution < 1.29 is 19.1 Å². The summed E-state index contributed by atoms with van der Waals surface area (Å²) in [5.74, 6) is -0.477. The second-order valence-electron chi connectivity index (χ2n) is 6.65. The third-order valence-corrected chi connectivity index (χ3v) is 4.33. The molecule has 3 N–H and O–H groups in total. The van der Waals surface area contributed by atoms with Gasteiger partial charge in [0.05, 0.1) is 19.8 Å². The number of hydrogen-bond donors (Lipinski definition) is 3. The van der Waals surface area contributed by atoms with Crippen LogP contribution in [0.25, 0.3) is 0 Å². The summed E-state index contributed by atoms with van der Waals surface area (Å²) in [7, 11) is 0. The molecule has 0 atom stereocenters. The van der Waals surface area contributed by atoms with E-state index in [1.165, 1.54) is 6.92 Å². The Morgan fingerprint density at radius 2 is 1.59 bits per heavy atom. The van der Waals surface area contributed by atoms with Gasteiger partial charge in [-0.25, -0.2) is 0 Å². The Morgan fingerprint density at radius 1 is 0.931 bits per heavy atom. The first-order valence-electron chi connectivity index (χ1n) is 9.40. The average Bonchev–Trinajstić information content (AvgIpc) is 2.72. The highest BCUT2D eigenvalue weighted by molar-refractivity contribution is 5.98. The zero-order chi connectivity index (χ0) is 20.6. The molecule has 8 heteroatoms. The second-order valence-corrected chi connectivity index (χ2v) is 6.65. The summed E-state index contributed by atoms with van der Waals surface area (Å²) in [6, 6.07) is 14.0. The Hall–Kier alpha value is -3.39. The molecule has 2 aromatic rings. The lowest BCUT2D eigenvalue weighted by Crippen LogP contribution is -2.40. The maximum Gasteiger partial charge on any atom is 0.254 e. The quantitative estimate of drug-likeness (QED) is 0.695. The van der Waals surface area contributed by atoms with Gasteiger partial charge >= 0.3 is 0 Å². The van der Waals surface area contributed by atoms with Crippen molar-refractivity contribution in [3.63, 3.8) is 0 Å². The predicted octanol–water partition coefficient (Wildman–Crippen LogP) is 2.17. The van der Waals surface area contributed by atoms with Gasteiger partial charge in [0, 0.05) is 42.6 Å². The molecule has 152 valence electrons. The van der Waals surface area contributed by atoms with Gasteiger partial charge in [0.1, 0.15) is 0 Å². The molecule has 3 rings (SSSR count). The highest BCUT2D eigenvalue weighted by Crippen LogP contribution is 2.16. The van der Waals surface area contributed by atoms with Crippen molar-refractivity contribution in [3.05, 3.63) is 54.1 Å². The molecule has 1 aliphatic rings. The number of benzene rings is 2. The molecule has 3 amide bonds. The fraction of sp³-hybridized carbons (Fsp3) is 0.286. The second kappa shape index (κ2) is 9.70. The summed E-state index contributed by atoms with van der Waals surface area (Å²) in [5, 5.41) is 8.50. The van der Waals surface area contributed by atoms with Crippen LogP contribution in [0.2, 0.25) is 0 Å². The molecule has 0 aliphatic carbocycles. The van der Waals surface area contributed by atoms with Crippen LogP contribution in [0.5, 0.6) is 0 Å². The van der Waals surface area contributed by atoms with E-state index in [9.17, 15) is 14.4 Å². The number of rotatable bonds is 6. The number of nitrogens with one attached hydrogen (secondary N) is 3. The molecule has 0 aromatic heterocycles. The minimum absolute atomic E-state index is 0.0468. The first kappa shape index (κ1) is 20.3. The first-order valence-corrected chi connectivity index (χ1v) is 9.40. The number of carbonyl (C=O) groups is 3. The van der Waals surface area contributed by atoms with E-state index in [1.807, 2.05) is 0 Å². The summed E-state index contributed by atoms with van der Waals surface area (Å²) < 4.78 is 5.27. The van der Waals surface area contributed by atoms with Gasteiger partial charge in [0.25, 0.3) is 5.91 Å². The number of anilines is 3. The standard InChI is InChI=1S/C21H24N4O4/c1-15(26)23-19-7-3-5-17(13-19)22-14-20(27)24-18-6-2-4-16(12-18)21(28)25-8-10-29-11-9-25/h2-7,12-13,22H,8-11,14H2,1H3,(H,23,26)(H,24,27). The van der Waals surface area contributed by atoms with Gasteiger partial charge in [-0.05, 0) is 36.4 Å². The van der Waals surface area contributed by atoms with E-state index in [0.29, 0.717) is 48.9 Å². The van der Waals surface area contributed by atoms with Crippen LogP contribution in [0.3, 0.4) is 0 Å². The van der Waals surface area contributed by atoms with Gasteiger partial charge in [-0.1, -0.05) is 12.1 Å². The smallest absolute Gasteiger partial charge is 0.254 e. The van der Waals surface area contributed by atoms with Crippen LogP contribution in [0.4, 0.5) is 17.1 Å². The van der Waals surface area contributed by atoms with Crippen molar-refractivity contribution in [2.24, 2.45) is 0 Å². The summed E-state index contributed by atoms with van der Waals surface area (Å²) in [6.45, 7) is 3.69. The van der Waals surface area contributed by atoms with E-state index in [1.54, 1.807) is 53.4 Å². The Bertz CT molecular complexity index is 894. The van der Waals surface area contributed by atoms with E-state index in [-0.39, 0.29) is 24.3 Å². The van der Waals surface area contributed by atoms with Crippen LogP contribution >= 0.6 is 0 Å². The van der Waals surface area contributed by atoms with Gasteiger partial charge < -0.3 is 25.6 Å². The monoisotopic (exact) mass is 396 g/mol. The van der Waals surface area contributed by atoms with Crippen LogP contribution in [-0.4, -0.2) is 55.5 Å². The van der Waals surface area contributed by atoms with E-state index in [2.05, 4.69) is 16.0 Å². The molecule has 1 fully saturated rings. The summed E-state index contributed by atoms with van der Waals surface area (Å²) in [5.41, 5.74) is 2.45. The highest BCUT2D eigenvalue weighted by Gasteiger charge is 2.18. The predicted molar refractivity (Wildman–Crippen MR) is 111 cm³/mol. The molecular weight excluding hydrogens is 372 g/mol. The Labute approximate surface area is 169 Å². The van der Waals surface area contributed by atoms with Crippen LogP contribution in [0.1, 0.15) is 17.3 Å². The molecule has 29 heavy (non-hydrogen) atoms. The van der Waals surface area contributed by atoms with Gasteiger partial charge in [0.2, 0.25) is 11.8 Å². The number of carbonyl (C=O) groups excluding carboxylic acids is 3. The fourth-order valence-electron chi connectivity index (χ4n) is 2.98. The largest absolute Gasteiger partial charge is 0.378 e. The summed E-state index contributed by atoms with van der Waals surface area (Å²) in [4.78, 5) is 37.7. The molecule has 0 bridgehead atoms. The Balaban J connectivity index is 1.55. The average molecular weight is 396 g/mol. The Morgan fingerprint density at radius 3 is 2.31 bits per heavy atom. The molecule has 0 spiro atoms. The lowest BCUT2D eigenvalue weighted by molar-refractivity contribution is -0.115. The van der Waals surface area contributed by atoms with Crippen LogP contribution < -0.4 is 16.0 Å². The van der Waals surface area contributed by atoms with Crippen molar-refractivity contribution in [3.8, 4) is 0 Å². The zero-order valence-electron chi connectivity index (χ0n) is 16.2. The molecule has 1 aliphatic heterocycles. The van der Waals surface area contributed by atoms with Crippen molar-refractivity contribution in [1.82, 2.24) is 4.90 Å². The number of nitrogens with zero attached hydrogens (tertiary/aromatic N) is 1. The van der Waals surface area contributed by atoms with E-state index in [4.69, 9.17) is 4.74 Å². The van der Waals surface area contributed by atoms with Crippen molar-refractivity contribution in [2.75, 3.05) is 48.8 Å². The molecule has 0 unspecified atom stereocenters. The molecule has 0 radical (unpaired) electrons. The van der Waals surface area contributed by atoms with Crippen LogP contribution in [-0.2, 0) is 14.3 Å². The Kier molecular flexibility index (Phi) is 6.80. The molecule has 2 aromatic carbocycles. The van der Waals surface area contributed by atoms with Gasteiger partial charge in [-0.15, -0.1) is 0 Å². The van der Waals surface area contributed by atoms with Crippen molar-refractivity contribution in [1.29, 1.82) is 0 Å². The highest BCUT2D eigenvalue weighted by atomic mass is 16.5. The molecule has 0 saturated carbocycles. The van der Waals surface area contributed by atoms with E-state index in [0.717, 1.165) is 0 Å². The topological polar surface area (TPSA) is 99.8 Å². The minimum atomic E-state index is -0.245. The maximum atomic E-state index is 12.6.